The highest BCUT2D eigenvalue weighted by molar-refractivity contribution is 6.29. The van der Waals surface area contributed by atoms with Gasteiger partial charge in [-0.1, -0.05) is 29.3 Å². The minimum absolute atomic E-state index is 0.0173. The van der Waals surface area contributed by atoms with Crippen LogP contribution in [0.15, 0.2) is 24.3 Å². The fraction of sp³-hybridized carbons (Fsp3) is 0.364. The van der Waals surface area contributed by atoms with E-state index in [9.17, 15) is 29.3 Å². The van der Waals surface area contributed by atoms with E-state index in [0.29, 0.717) is 17.4 Å². The van der Waals surface area contributed by atoms with Gasteiger partial charge < -0.3 is 15.4 Å². The smallest absolute Gasteiger partial charge is 0.328 e. The van der Waals surface area contributed by atoms with E-state index < -0.39 is 23.0 Å². The van der Waals surface area contributed by atoms with Crippen molar-refractivity contribution < 1.29 is 28.8 Å². The Kier molecular flexibility index (Phi) is 10.2. The first-order valence-corrected chi connectivity index (χ1v) is 11.3. The molecule has 2 N–H and O–H groups in total. The molecule has 0 saturated heterocycles. The van der Waals surface area contributed by atoms with Gasteiger partial charge in [-0.15, -0.1) is 0 Å². The van der Waals surface area contributed by atoms with Gasteiger partial charge in [0, 0.05) is 30.9 Å². The van der Waals surface area contributed by atoms with E-state index in [2.05, 4.69) is 25.3 Å². The fourth-order valence-electron chi connectivity index (χ4n) is 3.21. The fourth-order valence-corrected chi connectivity index (χ4v) is 3.51. The molecule has 0 amide bonds. The van der Waals surface area contributed by atoms with E-state index in [1.807, 2.05) is 0 Å². The van der Waals surface area contributed by atoms with E-state index in [1.54, 1.807) is 12.1 Å². The van der Waals surface area contributed by atoms with Crippen LogP contribution in [-0.4, -0.2) is 57.4 Å². The molecule has 36 heavy (non-hydrogen) atoms. The topological polar surface area (TPSA) is 170 Å². The van der Waals surface area contributed by atoms with Gasteiger partial charge in [0.1, 0.15) is 33.7 Å². The summed E-state index contributed by atoms with van der Waals surface area (Å²) in [5.41, 5.74) is 0.473. The normalized spacial score (nSPS) is 14.8. The van der Waals surface area contributed by atoms with Crippen LogP contribution in [-0.2, 0) is 30.3 Å². The highest BCUT2D eigenvalue weighted by atomic mass is 35.5. The lowest BCUT2D eigenvalue weighted by Gasteiger charge is -2.24. The highest BCUT2D eigenvalue weighted by Gasteiger charge is 2.28. The SMILES string of the molecule is CC(=O)C[C@H]1Nc2nc(Cl)ccc2CC1=O.COC(=O)[C@@H](CC(C)=O)Nc1nc(Cl)ccc1[N+](=O)[O-]. The van der Waals surface area contributed by atoms with Crippen molar-refractivity contribution in [3.8, 4) is 0 Å². The largest absolute Gasteiger partial charge is 0.467 e. The third kappa shape index (κ3) is 8.24. The minimum Gasteiger partial charge on any atom is -0.467 e. The predicted octanol–water partition coefficient (Wildman–Crippen LogP) is 3.20. The molecule has 3 rings (SSSR count). The number of fused-ring (bicyclic) bond motifs is 1. The Labute approximate surface area is 215 Å². The van der Waals surface area contributed by atoms with Crippen molar-refractivity contribution >= 4 is 63.8 Å². The summed E-state index contributed by atoms with van der Waals surface area (Å²) in [6.45, 7) is 2.76. The summed E-state index contributed by atoms with van der Waals surface area (Å²) in [5, 5.41) is 16.7. The summed E-state index contributed by atoms with van der Waals surface area (Å²) in [6, 6.07) is 4.31. The second-order valence-electron chi connectivity index (χ2n) is 7.77. The van der Waals surface area contributed by atoms with Crippen molar-refractivity contribution in [1.29, 1.82) is 0 Å². The number of ether oxygens (including phenoxy) is 1. The van der Waals surface area contributed by atoms with Crippen LogP contribution < -0.4 is 10.6 Å². The van der Waals surface area contributed by atoms with Crippen LogP contribution in [0.2, 0.25) is 10.3 Å². The standard InChI is InChI=1S/C11H12ClN3O5.C11H11ClN2O2/c1-6(16)5-7(11(17)20-2)13-10-8(15(18)19)3-4-9(12)14-10;1-6(15)4-8-9(16)5-7-2-3-10(12)14-11(7)13-8/h3-4,7H,5H2,1-2H3,(H,13,14);2-3,8H,4-5H2,1H3,(H,13,14)/t7-;8-/m11/s1. The number of Topliss-reactive ketones (excluding diaryl/α,β-unsaturated/α-hetero) is 3. The average Bonchev–Trinajstić information content (AvgIpc) is 2.78. The van der Waals surface area contributed by atoms with E-state index in [4.69, 9.17) is 23.2 Å². The Morgan fingerprint density at radius 3 is 2.39 bits per heavy atom. The summed E-state index contributed by atoms with van der Waals surface area (Å²) < 4.78 is 4.53. The molecule has 0 saturated carbocycles. The first-order chi connectivity index (χ1) is 16.9. The van der Waals surface area contributed by atoms with Crippen molar-refractivity contribution in [3.63, 3.8) is 0 Å². The summed E-state index contributed by atoms with van der Waals surface area (Å²) in [4.78, 5) is 63.4. The van der Waals surface area contributed by atoms with Gasteiger partial charge in [-0.05, 0) is 26.0 Å². The van der Waals surface area contributed by atoms with E-state index in [-0.39, 0.29) is 46.8 Å². The molecule has 14 heteroatoms. The third-order valence-corrected chi connectivity index (χ3v) is 5.25. The van der Waals surface area contributed by atoms with Crippen LogP contribution in [0.5, 0.6) is 0 Å². The van der Waals surface area contributed by atoms with Crippen molar-refractivity contribution in [2.24, 2.45) is 0 Å². The first kappa shape index (κ1) is 28.6. The van der Waals surface area contributed by atoms with Crippen LogP contribution in [0.4, 0.5) is 17.3 Å². The van der Waals surface area contributed by atoms with E-state index in [0.717, 1.165) is 18.7 Å². The van der Waals surface area contributed by atoms with Crippen molar-refractivity contribution in [2.45, 2.75) is 45.2 Å². The number of aromatic nitrogens is 2. The number of methoxy groups -OCH3 is 1. The number of rotatable bonds is 8. The van der Waals surface area contributed by atoms with E-state index in [1.165, 1.54) is 19.9 Å². The van der Waals surface area contributed by atoms with E-state index >= 15 is 0 Å². The lowest BCUT2D eigenvalue weighted by atomic mass is 9.96. The third-order valence-electron chi connectivity index (χ3n) is 4.83. The van der Waals surface area contributed by atoms with Gasteiger partial charge in [0.15, 0.2) is 5.78 Å². The Morgan fingerprint density at radius 2 is 1.81 bits per heavy atom. The van der Waals surface area contributed by atoms with Crippen molar-refractivity contribution in [2.75, 3.05) is 17.7 Å². The molecule has 0 aromatic carbocycles. The number of anilines is 2. The summed E-state index contributed by atoms with van der Waals surface area (Å²) >= 11 is 11.4. The van der Waals surface area contributed by atoms with Crippen molar-refractivity contribution in [1.82, 2.24) is 9.97 Å². The monoisotopic (exact) mass is 539 g/mol. The zero-order valence-corrected chi connectivity index (χ0v) is 21.1. The molecule has 1 aliphatic heterocycles. The molecule has 0 spiro atoms. The summed E-state index contributed by atoms with van der Waals surface area (Å²) in [5.74, 6) is -0.588. The maximum atomic E-state index is 11.7. The number of carbonyl (C=O) groups excluding carboxylic acids is 4. The number of nitrogens with one attached hydrogen (secondary N) is 2. The minimum atomic E-state index is -1.07. The number of hydrogen-bond donors (Lipinski definition) is 2. The molecule has 2 aromatic rings. The molecule has 2 atom stereocenters. The van der Waals surface area contributed by atoms with Crippen LogP contribution in [0, 0.1) is 10.1 Å². The number of esters is 1. The van der Waals surface area contributed by atoms with Gasteiger partial charge in [0.2, 0.25) is 5.82 Å². The van der Waals surface area contributed by atoms with Gasteiger partial charge in [0.25, 0.3) is 0 Å². The maximum Gasteiger partial charge on any atom is 0.328 e. The number of pyridine rings is 2. The van der Waals surface area contributed by atoms with Gasteiger partial charge in [0.05, 0.1) is 18.1 Å². The number of hydrogen-bond acceptors (Lipinski definition) is 11. The molecule has 0 radical (unpaired) electrons. The number of ketones is 3. The molecule has 1 aliphatic rings. The Bertz CT molecular complexity index is 1190. The second-order valence-corrected chi connectivity index (χ2v) is 8.55. The molecule has 0 aliphatic carbocycles. The van der Waals surface area contributed by atoms with Crippen LogP contribution in [0.3, 0.4) is 0 Å². The summed E-state index contributed by atoms with van der Waals surface area (Å²) in [6.07, 6.45) is 0.328. The quantitative estimate of drug-likeness (QED) is 0.218. The molecule has 2 aromatic heterocycles. The van der Waals surface area contributed by atoms with Gasteiger partial charge in [-0.25, -0.2) is 14.8 Å². The van der Waals surface area contributed by atoms with Gasteiger partial charge in [-0.3, -0.25) is 24.5 Å². The number of nitro groups is 1. The highest BCUT2D eigenvalue weighted by Crippen LogP contribution is 2.26. The Balaban J connectivity index is 0.000000259. The molecule has 192 valence electrons. The first-order valence-electron chi connectivity index (χ1n) is 10.5. The molecule has 0 unspecified atom stereocenters. The van der Waals surface area contributed by atoms with Gasteiger partial charge >= 0.3 is 11.7 Å². The molecular weight excluding hydrogens is 517 g/mol. The lowest BCUT2D eigenvalue weighted by molar-refractivity contribution is -0.384. The zero-order valence-electron chi connectivity index (χ0n) is 19.5. The number of carbonyl (C=O) groups is 4. The maximum absolute atomic E-state index is 11.7. The van der Waals surface area contributed by atoms with Crippen LogP contribution in [0.25, 0.3) is 0 Å². The predicted molar refractivity (Wildman–Crippen MR) is 131 cm³/mol. The van der Waals surface area contributed by atoms with Gasteiger partial charge in [-0.2, -0.15) is 0 Å². The van der Waals surface area contributed by atoms with Crippen LogP contribution in [0.1, 0.15) is 32.3 Å². The molecule has 3 heterocycles. The lowest BCUT2D eigenvalue weighted by Crippen LogP contribution is -2.37. The summed E-state index contributed by atoms with van der Waals surface area (Å²) in [7, 11) is 1.15. The zero-order chi connectivity index (χ0) is 27.0. The van der Waals surface area contributed by atoms with Crippen molar-refractivity contribution in [3.05, 3.63) is 50.2 Å². The second kappa shape index (κ2) is 12.9. The average molecular weight is 540 g/mol. The molecule has 0 fully saturated rings. The molecular formula is C22H23Cl2N5O7. The number of halogens is 2. The Hall–Kier alpha value is -3.64. The number of nitrogens with zero attached hydrogens (tertiary/aromatic N) is 3. The van der Waals surface area contributed by atoms with Crippen LogP contribution >= 0.6 is 23.2 Å². The Morgan fingerprint density at radius 1 is 1.17 bits per heavy atom. The molecule has 12 nitrogen and oxygen atoms in total. The molecule has 0 bridgehead atoms.